The van der Waals surface area contributed by atoms with E-state index in [1.54, 1.807) is 0 Å². The number of ether oxygens (including phenoxy) is 1. The van der Waals surface area contributed by atoms with Crippen LogP contribution in [0.4, 0.5) is 10.2 Å². The van der Waals surface area contributed by atoms with Gasteiger partial charge in [-0.05, 0) is 31.0 Å². The van der Waals surface area contributed by atoms with E-state index in [-0.39, 0.29) is 28.9 Å². The smallest absolute Gasteiger partial charge is 0.343 e. The van der Waals surface area contributed by atoms with Gasteiger partial charge in [0.2, 0.25) is 0 Å². The van der Waals surface area contributed by atoms with Crippen LogP contribution in [0.15, 0.2) is 22.7 Å². The van der Waals surface area contributed by atoms with Crippen molar-refractivity contribution in [2.45, 2.75) is 37.8 Å². The highest BCUT2D eigenvalue weighted by Crippen LogP contribution is 2.33. The number of carbonyl (C=O) groups is 1. The lowest BCUT2D eigenvalue weighted by molar-refractivity contribution is 0.0697. The van der Waals surface area contributed by atoms with Gasteiger partial charge >= 0.3 is 5.97 Å². The number of aromatic nitrogens is 1. The van der Waals surface area contributed by atoms with E-state index in [0.717, 1.165) is 12.8 Å². The molecule has 1 aliphatic carbocycles. The normalized spacial score (nSPS) is 20.3. The van der Waals surface area contributed by atoms with Crippen LogP contribution in [0.1, 0.15) is 36.0 Å². The summed E-state index contributed by atoms with van der Waals surface area (Å²) in [5.74, 6) is -1.77. The van der Waals surface area contributed by atoms with Gasteiger partial charge in [0.25, 0.3) is 0 Å². The zero-order valence-corrected chi connectivity index (χ0v) is 13.7. The fraction of sp³-hybridized carbons (Fsp3) is 0.412. The number of benzene rings is 1. The molecule has 1 fully saturated rings. The summed E-state index contributed by atoms with van der Waals surface area (Å²) in [6.45, 7) is 0. The highest BCUT2D eigenvalue weighted by atomic mass is 19.1. The van der Waals surface area contributed by atoms with Crippen molar-refractivity contribution in [1.29, 1.82) is 0 Å². The van der Waals surface area contributed by atoms with E-state index in [9.17, 15) is 19.4 Å². The van der Waals surface area contributed by atoms with Crippen molar-refractivity contribution in [3.63, 3.8) is 0 Å². The average molecular weight is 350 g/mol. The average Bonchev–Trinajstić information content (AvgIpc) is 3.01. The van der Waals surface area contributed by atoms with E-state index in [4.69, 9.17) is 9.26 Å². The van der Waals surface area contributed by atoms with Crippen LogP contribution in [-0.2, 0) is 0 Å². The Morgan fingerprint density at radius 1 is 1.40 bits per heavy atom. The van der Waals surface area contributed by atoms with Crippen molar-refractivity contribution in [3.05, 3.63) is 29.6 Å². The molecule has 3 rings (SSSR count). The lowest BCUT2D eigenvalue weighted by Crippen LogP contribution is -2.36. The van der Waals surface area contributed by atoms with E-state index in [1.165, 1.54) is 25.3 Å². The number of carboxylic acids is 1. The fourth-order valence-corrected chi connectivity index (χ4v) is 3.04. The minimum Gasteiger partial charge on any atom is -0.494 e. The number of nitrogens with one attached hydrogen (secondary N) is 1. The fourth-order valence-electron chi connectivity index (χ4n) is 3.04. The summed E-state index contributed by atoms with van der Waals surface area (Å²) in [7, 11) is 1.32. The molecule has 1 aromatic heterocycles. The van der Waals surface area contributed by atoms with Crippen molar-refractivity contribution < 1.29 is 28.7 Å². The van der Waals surface area contributed by atoms with E-state index in [1.807, 2.05) is 0 Å². The first kappa shape index (κ1) is 17.2. The maximum Gasteiger partial charge on any atom is 0.343 e. The summed E-state index contributed by atoms with van der Waals surface area (Å²) in [6, 6.07) is 3.62. The van der Waals surface area contributed by atoms with Gasteiger partial charge < -0.3 is 24.8 Å². The molecule has 0 bridgehead atoms. The van der Waals surface area contributed by atoms with E-state index >= 15 is 0 Å². The number of rotatable bonds is 5. The molecule has 0 spiro atoms. The molecule has 1 aromatic carbocycles. The third kappa shape index (κ3) is 3.43. The van der Waals surface area contributed by atoms with Crippen LogP contribution in [0.25, 0.3) is 11.3 Å². The van der Waals surface area contributed by atoms with Gasteiger partial charge in [-0.3, -0.25) is 0 Å². The van der Waals surface area contributed by atoms with Crippen LogP contribution in [0.5, 0.6) is 5.75 Å². The molecule has 0 unspecified atom stereocenters. The van der Waals surface area contributed by atoms with Crippen LogP contribution >= 0.6 is 0 Å². The Hall–Kier alpha value is -2.61. The van der Waals surface area contributed by atoms with Gasteiger partial charge in [-0.1, -0.05) is 18.0 Å². The van der Waals surface area contributed by atoms with Crippen molar-refractivity contribution in [2.75, 3.05) is 12.4 Å². The van der Waals surface area contributed by atoms with Crippen LogP contribution in [0.2, 0.25) is 0 Å². The van der Waals surface area contributed by atoms with Gasteiger partial charge in [-0.2, -0.15) is 0 Å². The molecule has 8 heteroatoms. The number of methoxy groups -OCH3 is 1. The quantitative estimate of drug-likeness (QED) is 0.761. The number of hydrogen-bond acceptors (Lipinski definition) is 6. The van der Waals surface area contributed by atoms with Crippen LogP contribution in [0.3, 0.4) is 0 Å². The molecule has 3 N–H and O–H groups in total. The largest absolute Gasteiger partial charge is 0.494 e. The molecule has 1 aliphatic rings. The Kier molecular flexibility index (Phi) is 4.89. The predicted octanol–water partition coefficient (Wildman–Crippen LogP) is 2.90. The lowest BCUT2D eigenvalue weighted by Gasteiger charge is -2.28. The van der Waals surface area contributed by atoms with E-state index < -0.39 is 17.9 Å². The molecule has 1 heterocycles. The SMILES string of the molecule is COc1cc(-c2onc(N[C@@H]3CCCC[C@H]3O)c2C(=O)O)ccc1F. The third-order valence-corrected chi connectivity index (χ3v) is 4.37. The van der Waals surface area contributed by atoms with Crippen LogP contribution in [0, 0.1) is 5.82 Å². The van der Waals surface area contributed by atoms with E-state index in [2.05, 4.69) is 10.5 Å². The number of anilines is 1. The first-order valence-electron chi connectivity index (χ1n) is 8.02. The number of aliphatic hydroxyl groups is 1. The second-order valence-electron chi connectivity index (χ2n) is 5.99. The first-order valence-corrected chi connectivity index (χ1v) is 8.02. The predicted molar refractivity (Wildman–Crippen MR) is 87.3 cm³/mol. The second-order valence-corrected chi connectivity index (χ2v) is 5.99. The zero-order chi connectivity index (χ0) is 18.0. The molecular formula is C17H19FN2O5. The highest BCUT2D eigenvalue weighted by Gasteiger charge is 2.29. The van der Waals surface area contributed by atoms with Crippen molar-refractivity contribution in [2.24, 2.45) is 0 Å². The monoisotopic (exact) mass is 350 g/mol. The molecule has 0 amide bonds. The Labute approximate surface area is 143 Å². The Balaban J connectivity index is 1.96. The van der Waals surface area contributed by atoms with Gasteiger partial charge in [-0.25, -0.2) is 9.18 Å². The van der Waals surface area contributed by atoms with Gasteiger partial charge in [-0.15, -0.1) is 0 Å². The highest BCUT2D eigenvalue weighted by molar-refractivity contribution is 5.99. The standard InChI is InChI=1S/C17H19FN2O5/c1-24-13-8-9(6-7-10(13)18)15-14(17(22)23)16(20-25-15)19-11-4-2-3-5-12(11)21/h6-8,11-12,21H,2-5H2,1H3,(H,19,20)(H,22,23)/t11-,12-/m1/s1. The molecule has 7 nitrogen and oxygen atoms in total. The first-order chi connectivity index (χ1) is 12.0. The summed E-state index contributed by atoms with van der Waals surface area (Å²) in [5, 5.41) is 26.4. The zero-order valence-electron chi connectivity index (χ0n) is 13.7. The second kappa shape index (κ2) is 7.10. The summed E-state index contributed by atoms with van der Waals surface area (Å²) in [4.78, 5) is 11.7. The summed E-state index contributed by atoms with van der Waals surface area (Å²) in [5.41, 5.74) is 0.173. The molecule has 2 atom stereocenters. The molecule has 0 radical (unpaired) electrons. The van der Waals surface area contributed by atoms with Crippen molar-refractivity contribution >= 4 is 11.8 Å². The number of aliphatic hydroxyl groups excluding tert-OH is 1. The lowest BCUT2D eigenvalue weighted by atomic mass is 9.92. The molecule has 0 aliphatic heterocycles. The minimum absolute atomic E-state index is 0.00130. The molecule has 25 heavy (non-hydrogen) atoms. The van der Waals surface area contributed by atoms with Crippen LogP contribution in [-0.4, -0.2) is 40.6 Å². The number of nitrogens with zero attached hydrogens (tertiary/aromatic N) is 1. The Morgan fingerprint density at radius 2 is 2.16 bits per heavy atom. The molecule has 0 saturated heterocycles. The Bertz CT molecular complexity index is 776. The summed E-state index contributed by atoms with van der Waals surface area (Å²) >= 11 is 0. The Morgan fingerprint density at radius 3 is 2.84 bits per heavy atom. The summed E-state index contributed by atoms with van der Waals surface area (Å²) in [6.07, 6.45) is 2.68. The maximum absolute atomic E-state index is 13.6. The van der Waals surface area contributed by atoms with Gasteiger partial charge in [0.15, 0.2) is 28.7 Å². The number of aromatic carboxylic acids is 1. The summed E-state index contributed by atoms with van der Waals surface area (Å²) < 4.78 is 23.7. The number of carboxylic acid groups (broad SMARTS) is 1. The number of hydrogen-bond donors (Lipinski definition) is 3. The number of halogens is 1. The van der Waals surface area contributed by atoms with E-state index in [0.29, 0.717) is 18.4 Å². The molecular weight excluding hydrogens is 331 g/mol. The molecule has 134 valence electrons. The van der Waals surface area contributed by atoms with Gasteiger partial charge in [0, 0.05) is 5.56 Å². The van der Waals surface area contributed by atoms with Gasteiger partial charge in [0.05, 0.1) is 19.3 Å². The van der Waals surface area contributed by atoms with Gasteiger partial charge in [0.1, 0.15) is 0 Å². The maximum atomic E-state index is 13.6. The molecule has 2 aromatic rings. The topological polar surface area (TPSA) is 105 Å². The third-order valence-electron chi connectivity index (χ3n) is 4.37. The van der Waals surface area contributed by atoms with Crippen molar-refractivity contribution in [3.8, 4) is 17.1 Å². The molecule has 1 saturated carbocycles. The van der Waals surface area contributed by atoms with Crippen molar-refractivity contribution in [1.82, 2.24) is 5.16 Å². The minimum atomic E-state index is -1.23. The van der Waals surface area contributed by atoms with Crippen LogP contribution < -0.4 is 10.1 Å².